The highest BCUT2D eigenvalue weighted by Crippen LogP contribution is 2.29. The Kier molecular flexibility index (Phi) is 3.45. The lowest BCUT2D eigenvalue weighted by molar-refractivity contribution is 0.619. The highest BCUT2D eigenvalue weighted by Gasteiger charge is 2.10. The van der Waals surface area contributed by atoms with Crippen LogP contribution in [0.5, 0.6) is 0 Å². The van der Waals surface area contributed by atoms with Crippen molar-refractivity contribution < 1.29 is 4.39 Å². The Morgan fingerprint density at radius 1 is 1.18 bits per heavy atom. The van der Waals surface area contributed by atoms with Crippen molar-refractivity contribution in [1.29, 1.82) is 0 Å². The fourth-order valence-electron chi connectivity index (χ4n) is 1.51. The van der Waals surface area contributed by atoms with Gasteiger partial charge in [0.25, 0.3) is 0 Å². The minimum atomic E-state index is -0.295. The molecule has 0 saturated heterocycles. The van der Waals surface area contributed by atoms with Gasteiger partial charge in [0.2, 0.25) is 0 Å². The summed E-state index contributed by atoms with van der Waals surface area (Å²) < 4.78 is 14.0. The van der Waals surface area contributed by atoms with Crippen molar-refractivity contribution in [1.82, 2.24) is 9.97 Å². The SMILES string of the molecule is Cc1cc(-c2cc(F)c(C)cc2Cl)nc(Br)n1. The van der Waals surface area contributed by atoms with Gasteiger partial charge in [0.05, 0.1) is 10.7 Å². The lowest BCUT2D eigenvalue weighted by atomic mass is 10.1. The molecule has 88 valence electrons. The van der Waals surface area contributed by atoms with Crippen LogP contribution in [0, 0.1) is 19.7 Å². The summed E-state index contributed by atoms with van der Waals surface area (Å²) >= 11 is 9.31. The maximum atomic E-state index is 13.5. The van der Waals surface area contributed by atoms with Gasteiger partial charge in [-0.25, -0.2) is 14.4 Å². The Bertz CT molecular complexity index is 567. The molecular formula is C12H9BrClFN2. The maximum Gasteiger partial charge on any atom is 0.197 e. The second-order valence-corrected chi connectivity index (χ2v) is 4.86. The van der Waals surface area contributed by atoms with E-state index in [9.17, 15) is 4.39 Å². The Hall–Kier alpha value is -1.00. The van der Waals surface area contributed by atoms with Gasteiger partial charge in [-0.2, -0.15) is 0 Å². The van der Waals surface area contributed by atoms with Crippen molar-refractivity contribution in [2.75, 3.05) is 0 Å². The molecule has 0 fully saturated rings. The van der Waals surface area contributed by atoms with Crippen LogP contribution in [0.15, 0.2) is 22.9 Å². The molecule has 0 bridgehead atoms. The van der Waals surface area contributed by atoms with E-state index >= 15 is 0 Å². The first-order valence-electron chi connectivity index (χ1n) is 4.94. The standard InChI is InChI=1S/C12H9BrClFN2/c1-6-3-9(14)8(5-10(6)15)11-4-7(2)16-12(13)17-11/h3-5H,1-2H3. The Morgan fingerprint density at radius 3 is 2.53 bits per heavy atom. The van der Waals surface area contributed by atoms with Gasteiger partial charge in [-0.15, -0.1) is 0 Å². The van der Waals surface area contributed by atoms with Crippen LogP contribution in [-0.4, -0.2) is 9.97 Å². The predicted octanol–water partition coefficient (Wildman–Crippen LogP) is 4.32. The van der Waals surface area contributed by atoms with E-state index in [4.69, 9.17) is 11.6 Å². The highest BCUT2D eigenvalue weighted by molar-refractivity contribution is 9.10. The molecule has 5 heteroatoms. The quantitative estimate of drug-likeness (QED) is 0.733. The number of hydrogen-bond donors (Lipinski definition) is 0. The average Bonchev–Trinajstić information content (AvgIpc) is 2.22. The van der Waals surface area contributed by atoms with Crippen molar-refractivity contribution in [2.24, 2.45) is 0 Å². The van der Waals surface area contributed by atoms with Crippen molar-refractivity contribution >= 4 is 27.5 Å². The largest absolute Gasteiger partial charge is 0.227 e. The Balaban J connectivity index is 2.64. The normalized spacial score (nSPS) is 10.6. The van der Waals surface area contributed by atoms with Crippen LogP contribution in [0.4, 0.5) is 4.39 Å². The number of aromatic nitrogens is 2. The molecule has 0 radical (unpaired) electrons. The maximum absolute atomic E-state index is 13.5. The number of benzene rings is 1. The molecule has 0 unspecified atom stereocenters. The summed E-state index contributed by atoms with van der Waals surface area (Å²) in [5.41, 5.74) is 2.48. The zero-order valence-corrected chi connectivity index (χ0v) is 11.6. The van der Waals surface area contributed by atoms with Crippen molar-refractivity contribution in [3.05, 3.63) is 45.0 Å². The zero-order chi connectivity index (χ0) is 12.6. The van der Waals surface area contributed by atoms with Crippen molar-refractivity contribution in [3.8, 4) is 11.3 Å². The van der Waals surface area contributed by atoms with Crippen LogP contribution in [0.1, 0.15) is 11.3 Å². The first kappa shape index (κ1) is 12.5. The van der Waals surface area contributed by atoms with Gasteiger partial charge < -0.3 is 0 Å². The van der Waals surface area contributed by atoms with E-state index in [-0.39, 0.29) is 5.82 Å². The van der Waals surface area contributed by atoms with E-state index in [1.165, 1.54) is 6.07 Å². The van der Waals surface area contributed by atoms with E-state index < -0.39 is 0 Å². The minimum Gasteiger partial charge on any atom is -0.227 e. The van der Waals surface area contributed by atoms with Gasteiger partial charge in [0.15, 0.2) is 4.73 Å². The Labute approximate surface area is 112 Å². The number of aryl methyl sites for hydroxylation is 2. The van der Waals surface area contributed by atoms with E-state index in [1.807, 2.05) is 6.92 Å². The molecule has 0 aliphatic rings. The first-order chi connectivity index (χ1) is 7.97. The van der Waals surface area contributed by atoms with Gasteiger partial charge >= 0.3 is 0 Å². The van der Waals surface area contributed by atoms with E-state index in [2.05, 4.69) is 25.9 Å². The summed E-state index contributed by atoms with van der Waals surface area (Å²) in [6.45, 7) is 3.51. The molecule has 17 heavy (non-hydrogen) atoms. The third-order valence-electron chi connectivity index (χ3n) is 2.35. The van der Waals surface area contributed by atoms with Gasteiger partial charge in [0.1, 0.15) is 5.82 Å². The topological polar surface area (TPSA) is 25.8 Å². The molecule has 2 rings (SSSR count). The van der Waals surface area contributed by atoms with Crippen molar-refractivity contribution in [3.63, 3.8) is 0 Å². The summed E-state index contributed by atoms with van der Waals surface area (Å²) in [5, 5.41) is 0.480. The van der Waals surface area contributed by atoms with E-state index in [0.717, 1.165) is 5.69 Å². The molecule has 0 N–H and O–H groups in total. The highest BCUT2D eigenvalue weighted by atomic mass is 79.9. The van der Waals surface area contributed by atoms with Crippen LogP contribution < -0.4 is 0 Å². The van der Waals surface area contributed by atoms with Crippen LogP contribution in [0.3, 0.4) is 0 Å². The molecule has 0 aliphatic carbocycles. The molecule has 0 spiro atoms. The molecule has 0 atom stereocenters. The van der Waals surface area contributed by atoms with Gasteiger partial charge in [-0.3, -0.25) is 0 Å². The average molecular weight is 316 g/mol. The third kappa shape index (κ3) is 2.64. The van der Waals surface area contributed by atoms with E-state index in [0.29, 0.717) is 26.6 Å². The molecule has 0 saturated carbocycles. The van der Waals surface area contributed by atoms with Crippen LogP contribution in [0.25, 0.3) is 11.3 Å². The smallest absolute Gasteiger partial charge is 0.197 e. The monoisotopic (exact) mass is 314 g/mol. The molecule has 0 amide bonds. The van der Waals surface area contributed by atoms with E-state index in [1.54, 1.807) is 19.1 Å². The van der Waals surface area contributed by atoms with Crippen LogP contribution in [0.2, 0.25) is 5.02 Å². The number of nitrogens with zero attached hydrogens (tertiary/aromatic N) is 2. The molecule has 1 aromatic carbocycles. The molecule has 2 nitrogen and oxygen atoms in total. The summed E-state index contributed by atoms with van der Waals surface area (Å²) in [6, 6.07) is 4.75. The summed E-state index contributed by atoms with van der Waals surface area (Å²) in [7, 11) is 0. The summed E-state index contributed by atoms with van der Waals surface area (Å²) in [4.78, 5) is 8.29. The summed E-state index contributed by atoms with van der Waals surface area (Å²) in [5.74, 6) is -0.295. The van der Waals surface area contributed by atoms with Crippen LogP contribution in [-0.2, 0) is 0 Å². The minimum absolute atomic E-state index is 0.295. The van der Waals surface area contributed by atoms with Gasteiger partial charge in [-0.1, -0.05) is 11.6 Å². The third-order valence-corrected chi connectivity index (χ3v) is 3.02. The molecule has 2 aromatic rings. The summed E-state index contributed by atoms with van der Waals surface area (Å²) in [6.07, 6.45) is 0. The molecule has 1 heterocycles. The predicted molar refractivity (Wildman–Crippen MR) is 69.6 cm³/mol. The van der Waals surface area contributed by atoms with Gasteiger partial charge in [0, 0.05) is 11.3 Å². The fraction of sp³-hybridized carbons (Fsp3) is 0.167. The molecule has 0 aliphatic heterocycles. The molecule has 1 aromatic heterocycles. The number of rotatable bonds is 1. The fourth-order valence-corrected chi connectivity index (χ4v) is 2.30. The second-order valence-electron chi connectivity index (χ2n) is 3.74. The lowest BCUT2D eigenvalue weighted by Gasteiger charge is -2.07. The second kappa shape index (κ2) is 4.70. The molecular weight excluding hydrogens is 307 g/mol. The number of hydrogen-bond acceptors (Lipinski definition) is 2. The lowest BCUT2D eigenvalue weighted by Crippen LogP contribution is -1.93. The van der Waals surface area contributed by atoms with Crippen molar-refractivity contribution in [2.45, 2.75) is 13.8 Å². The van der Waals surface area contributed by atoms with Gasteiger partial charge in [-0.05, 0) is 53.5 Å². The Morgan fingerprint density at radius 2 is 1.88 bits per heavy atom. The first-order valence-corrected chi connectivity index (χ1v) is 6.11. The zero-order valence-electron chi connectivity index (χ0n) is 9.26. The number of halogens is 3. The van der Waals surface area contributed by atoms with Crippen LogP contribution >= 0.6 is 27.5 Å².